The molecule has 1 amide bonds. The van der Waals surface area contributed by atoms with Crippen molar-refractivity contribution in [2.24, 2.45) is 0 Å². The van der Waals surface area contributed by atoms with Crippen molar-refractivity contribution in [3.8, 4) is 0 Å². The molecular weight excluding hydrogens is 448 g/mol. The van der Waals surface area contributed by atoms with Gasteiger partial charge in [-0.25, -0.2) is 13.2 Å². The molecule has 1 aliphatic rings. The van der Waals surface area contributed by atoms with Gasteiger partial charge in [-0.1, -0.05) is 24.6 Å². The molecule has 32 heavy (non-hydrogen) atoms. The topological polar surface area (TPSA) is 92.8 Å². The summed E-state index contributed by atoms with van der Waals surface area (Å²) in [6.07, 6.45) is 5.01. The SMILES string of the molecule is CCOC(=O)c1c(NC(=O)[C@@H](CC)N(c2ccc(C)cc2)S(C)(=O)=O)sc2c1CCCC2. The highest BCUT2D eigenvalue weighted by Crippen LogP contribution is 2.39. The van der Waals surface area contributed by atoms with Crippen molar-refractivity contribution in [2.75, 3.05) is 22.5 Å². The molecule has 7 nitrogen and oxygen atoms in total. The standard InChI is InChI=1S/C23H30N2O5S2/c1-5-18(25(32(4,28)29)16-13-11-15(3)12-14-16)21(26)24-22-20(23(27)30-6-2)17-9-7-8-10-19(17)31-22/h11-14,18H,5-10H2,1-4H3,(H,24,26)/t18-/m1/s1. The number of rotatable bonds is 8. The molecule has 0 fully saturated rings. The smallest absolute Gasteiger partial charge is 0.341 e. The van der Waals surface area contributed by atoms with Crippen molar-refractivity contribution in [3.63, 3.8) is 0 Å². The third-order valence-corrected chi connectivity index (χ3v) is 7.89. The molecule has 9 heteroatoms. The summed E-state index contributed by atoms with van der Waals surface area (Å²) in [5.41, 5.74) is 2.77. The van der Waals surface area contributed by atoms with Gasteiger partial charge in [-0.05, 0) is 63.6 Å². The summed E-state index contributed by atoms with van der Waals surface area (Å²) in [5, 5.41) is 3.31. The first-order valence-corrected chi connectivity index (χ1v) is 13.5. The number of fused-ring (bicyclic) bond motifs is 1. The third kappa shape index (κ3) is 5.15. The molecular formula is C23H30N2O5S2. The molecule has 1 N–H and O–H groups in total. The van der Waals surface area contributed by atoms with Crippen LogP contribution in [0.5, 0.6) is 0 Å². The molecule has 2 aromatic rings. The predicted molar refractivity (Wildman–Crippen MR) is 128 cm³/mol. The van der Waals surface area contributed by atoms with Crippen molar-refractivity contribution in [1.82, 2.24) is 0 Å². The number of aryl methyl sites for hydroxylation is 2. The first-order chi connectivity index (χ1) is 15.2. The van der Waals surface area contributed by atoms with E-state index in [0.717, 1.165) is 52.2 Å². The monoisotopic (exact) mass is 478 g/mol. The number of nitrogens with zero attached hydrogens (tertiary/aromatic N) is 1. The van der Waals surface area contributed by atoms with Crippen LogP contribution in [0.2, 0.25) is 0 Å². The molecule has 0 aliphatic heterocycles. The lowest BCUT2D eigenvalue weighted by Crippen LogP contribution is -2.47. The maximum Gasteiger partial charge on any atom is 0.341 e. The van der Waals surface area contributed by atoms with Crippen LogP contribution >= 0.6 is 11.3 Å². The van der Waals surface area contributed by atoms with E-state index in [2.05, 4.69) is 5.32 Å². The van der Waals surface area contributed by atoms with Crippen LogP contribution in [-0.4, -0.2) is 39.2 Å². The van der Waals surface area contributed by atoms with Crippen LogP contribution in [0.25, 0.3) is 0 Å². The van der Waals surface area contributed by atoms with Gasteiger partial charge in [-0.15, -0.1) is 11.3 Å². The van der Waals surface area contributed by atoms with Gasteiger partial charge in [0, 0.05) is 4.88 Å². The Morgan fingerprint density at radius 2 is 1.81 bits per heavy atom. The molecule has 0 saturated heterocycles. The highest BCUT2D eigenvalue weighted by Gasteiger charge is 2.34. The van der Waals surface area contributed by atoms with Crippen LogP contribution in [0, 0.1) is 6.92 Å². The van der Waals surface area contributed by atoms with Gasteiger partial charge < -0.3 is 10.1 Å². The fourth-order valence-electron chi connectivity index (χ4n) is 4.02. The number of hydrogen-bond donors (Lipinski definition) is 1. The lowest BCUT2D eigenvalue weighted by molar-refractivity contribution is -0.117. The second kappa shape index (κ2) is 10.0. The number of benzene rings is 1. The lowest BCUT2D eigenvalue weighted by atomic mass is 9.95. The van der Waals surface area contributed by atoms with Gasteiger partial charge >= 0.3 is 5.97 Å². The third-order valence-electron chi connectivity index (χ3n) is 5.51. The fraction of sp³-hybridized carbons (Fsp3) is 0.478. The van der Waals surface area contributed by atoms with Crippen LogP contribution in [-0.2, 0) is 32.4 Å². The molecule has 174 valence electrons. The van der Waals surface area contributed by atoms with Crippen LogP contribution in [0.4, 0.5) is 10.7 Å². The quantitative estimate of drug-likeness (QED) is 0.571. The van der Waals surface area contributed by atoms with Crippen molar-refractivity contribution in [2.45, 2.75) is 58.9 Å². The predicted octanol–water partition coefficient (Wildman–Crippen LogP) is 4.30. The molecule has 1 aliphatic carbocycles. The average Bonchev–Trinajstić information content (AvgIpc) is 3.09. The minimum atomic E-state index is -3.73. The molecule has 1 aromatic heterocycles. The van der Waals surface area contributed by atoms with Gasteiger partial charge in [-0.3, -0.25) is 9.10 Å². The Balaban J connectivity index is 1.97. The number of carbonyl (C=O) groups is 2. The zero-order valence-corrected chi connectivity index (χ0v) is 20.6. The average molecular weight is 479 g/mol. The minimum absolute atomic E-state index is 0.240. The molecule has 0 unspecified atom stereocenters. The minimum Gasteiger partial charge on any atom is -0.462 e. The van der Waals surface area contributed by atoms with Crippen molar-refractivity contribution >= 4 is 43.9 Å². The molecule has 0 radical (unpaired) electrons. The van der Waals surface area contributed by atoms with E-state index in [1.165, 1.54) is 11.3 Å². The number of esters is 1. The summed E-state index contributed by atoms with van der Waals surface area (Å²) in [6, 6.07) is 6.05. The van der Waals surface area contributed by atoms with E-state index in [-0.39, 0.29) is 13.0 Å². The van der Waals surface area contributed by atoms with Crippen molar-refractivity contribution in [3.05, 3.63) is 45.8 Å². The number of amides is 1. The van der Waals surface area contributed by atoms with Gasteiger partial charge in [0.15, 0.2) is 0 Å². The molecule has 0 spiro atoms. The van der Waals surface area contributed by atoms with Gasteiger partial charge in [0.2, 0.25) is 15.9 Å². The highest BCUT2D eigenvalue weighted by atomic mass is 32.2. The number of hydrogen-bond acceptors (Lipinski definition) is 6. The second-order valence-electron chi connectivity index (χ2n) is 7.94. The van der Waals surface area contributed by atoms with E-state index in [4.69, 9.17) is 4.74 Å². The van der Waals surface area contributed by atoms with Gasteiger partial charge in [-0.2, -0.15) is 0 Å². The molecule has 0 saturated carbocycles. The Morgan fingerprint density at radius 1 is 1.16 bits per heavy atom. The lowest BCUT2D eigenvalue weighted by Gasteiger charge is -2.30. The largest absolute Gasteiger partial charge is 0.462 e. The maximum absolute atomic E-state index is 13.4. The number of nitrogens with one attached hydrogen (secondary N) is 1. The molecule has 3 rings (SSSR count). The second-order valence-corrected chi connectivity index (χ2v) is 10.9. The highest BCUT2D eigenvalue weighted by molar-refractivity contribution is 7.92. The summed E-state index contributed by atoms with van der Waals surface area (Å²) < 4.78 is 31.7. The van der Waals surface area contributed by atoms with E-state index in [0.29, 0.717) is 16.3 Å². The van der Waals surface area contributed by atoms with E-state index < -0.39 is 27.9 Å². The Hall–Kier alpha value is -2.39. The van der Waals surface area contributed by atoms with E-state index in [1.807, 2.05) is 19.1 Å². The summed E-state index contributed by atoms with van der Waals surface area (Å²) in [5.74, 6) is -0.920. The Labute approximate surface area is 193 Å². The summed E-state index contributed by atoms with van der Waals surface area (Å²) in [6.45, 7) is 5.66. The number of sulfonamides is 1. The maximum atomic E-state index is 13.4. The Kier molecular flexibility index (Phi) is 7.61. The van der Waals surface area contributed by atoms with Gasteiger partial charge in [0.25, 0.3) is 0 Å². The Bertz CT molecular complexity index is 1090. The van der Waals surface area contributed by atoms with Crippen LogP contribution in [0.1, 0.15) is 59.5 Å². The molecule has 1 heterocycles. The molecule has 1 atom stereocenters. The first kappa shape index (κ1) is 24.3. The summed E-state index contributed by atoms with van der Waals surface area (Å²) in [4.78, 5) is 27.1. The zero-order chi connectivity index (χ0) is 23.5. The number of carbonyl (C=O) groups excluding carboxylic acids is 2. The van der Waals surface area contributed by atoms with Gasteiger partial charge in [0.05, 0.1) is 24.1 Å². The zero-order valence-electron chi connectivity index (χ0n) is 18.9. The van der Waals surface area contributed by atoms with E-state index in [9.17, 15) is 18.0 Å². The molecule has 0 bridgehead atoms. The van der Waals surface area contributed by atoms with Crippen molar-refractivity contribution < 1.29 is 22.7 Å². The van der Waals surface area contributed by atoms with Gasteiger partial charge in [0.1, 0.15) is 11.0 Å². The Morgan fingerprint density at radius 3 is 2.41 bits per heavy atom. The normalized spacial score (nSPS) is 14.4. The van der Waals surface area contributed by atoms with E-state index >= 15 is 0 Å². The molecule has 1 aromatic carbocycles. The van der Waals surface area contributed by atoms with Crippen molar-refractivity contribution in [1.29, 1.82) is 0 Å². The number of ether oxygens (including phenoxy) is 1. The van der Waals surface area contributed by atoms with Crippen LogP contribution < -0.4 is 9.62 Å². The summed E-state index contributed by atoms with van der Waals surface area (Å²) in [7, 11) is -3.73. The fourth-order valence-corrected chi connectivity index (χ4v) is 6.51. The van der Waals surface area contributed by atoms with Crippen LogP contribution in [0.15, 0.2) is 24.3 Å². The first-order valence-electron chi connectivity index (χ1n) is 10.9. The number of thiophene rings is 1. The van der Waals surface area contributed by atoms with Crippen LogP contribution in [0.3, 0.4) is 0 Å². The number of anilines is 2. The van der Waals surface area contributed by atoms with E-state index in [1.54, 1.807) is 26.0 Å². The summed E-state index contributed by atoms with van der Waals surface area (Å²) >= 11 is 1.39.